The van der Waals surface area contributed by atoms with E-state index in [0.29, 0.717) is 6.04 Å². The Bertz CT molecular complexity index is 655. The third kappa shape index (κ3) is 3.72. The summed E-state index contributed by atoms with van der Waals surface area (Å²) in [6.45, 7) is 6.34. The minimum Gasteiger partial charge on any atom is -0.478 e. The monoisotopic (exact) mass is 285 g/mol. The summed E-state index contributed by atoms with van der Waals surface area (Å²) in [6, 6.07) is 8.94. The second-order valence-corrected chi connectivity index (χ2v) is 5.17. The van der Waals surface area contributed by atoms with E-state index in [1.54, 1.807) is 30.5 Å². The number of aromatic carboxylic acids is 1. The number of aryl methyl sites for hydroxylation is 1. The van der Waals surface area contributed by atoms with E-state index in [2.05, 4.69) is 48.1 Å². The molecule has 1 aromatic heterocycles. The van der Waals surface area contributed by atoms with Gasteiger partial charge in [0.25, 0.3) is 0 Å². The van der Waals surface area contributed by atoms with E-state index in [4.69, 9.17) is 5.11 Å². The lowest BCUT2D eigenvalue weighted by Crippen LogP contribution is -2.00. The molecule has 110 valence electrons. The Kier molecular flexibility index (Phi) is 4.42. The van der Waals surface area contributed by atoms with Crippen molar-refractivity contribution in [3.05, 3.63) is 53.3 Å². The van der Waals surface area contributed by atoms with Crippen LogP contribution in [0.1, 0.15) is 41.5 Å². The Morgan fingerprint density at radius 2 is 2.00 bits per heavy atom. The third-order valence-electron chi connectivity index (χ3n) is 3.17. The average Bonchev–Trinajstić information content (AvgIpc) is 2.80. The molecule has 0 aliphatic carbocycles. The second-order valence-electron chi connectivity index (χ2n) is 5.17. The average molecular weight is 285 g/mol. The van der Waals surface area contributed by atoms with Crippen molar-refractivity contribution in [2.75, 3.05) is 5.43 Å². The quantitative estimate of drug-likeness (QED) is 0.652. The summed E-state index contributed by atoms with van der Waals surface area (Å²) in [5, 5.41) is 13.0. The Morgan fingerprint density at radius 3 is 2.52 bits per heavy atom. The molecule has 0 bridgehead atoms. The molecule has 5 heteroatoms. The van der Waals surface area contributed by atoms with Crippen molar-refractivity contribution in [2.45, 2.75) is 26.8 Å². The summed E-state index contributed by atoms with van der Waals surface area (Å²) in [4.78, 5) is 10.7. The molecule has 0 amide bonds. The minimum absolute atomic E-state index is 0.258. The molecule has 0 saturated heterocycles. The molecule has 5 nitrogen and oxygen atoms in total. The molecule has 2 N–H and O–H groups in total. The number of anilines is 1. The number of nitrogens with one attached hydrogen (secondary N) is 1. The number of hydrogen-bond acceptors (Lipinski definition) is 3. The number of rotatable bonds is 5. The number of carboxylic acid groups (broad SMARTS) is 1. The van der Waals surface area contributed by atoms with Crippen LogP contribution < -0.4 is 5.43 Å². The lowest BCUT2D eigenvalue weighted by molar-refractivity contribution is 0.0697. The number of aromatic nitrogens is 1. The molecule has 0 fully saturated rings. The number of nitrogens with zero attached hydrogens (tertiary/aromatic N) is 2. The van der Waals surface area contributed by atoms with Gasteiger partial charge in [-0.1, -0.05) is 0 Å². The molecule has 0 aliphatic rings. The van der Waals surface area contributed by atoms with Crippen molar-refractivity contribution in [1.82, 2.24) is 4.57 Å². The van der Waals surface area contributed by atoms with E-state index >= 15 is 0 Å². The molecule has 1 aromatic carbocycles. The summed E-state index contributed by atoms with van der Waals surface area (Å²) in [6.07, 6.45) is 3.80. The van der Waals surface area contributed by atoms with E-state index in [1.807, 2.05) is 0 Å². The van der Waals surface area contributed by atoms with Crippen LogP contribution in [0.3, 0.4) is 0 Å². The fourth-order valence-corrected chi connectivity index (χ4v) is 2.11. The van der Waals surface area contributed by atoms with Crippen molar-refractivity contribution in [3.63, 3.8) is 0 Å². The smallest absolute Gasteiger partial charge is 0.335 e. The Morgan fingerprint density at radius 1 is 1.33 bits per heavy atom. The van der Waals surface area contributed by atoms with Gasteiger partial charge in [0.2, 0.25) is 0 Å². The maximum absolute atomic E-state index is 10.7. The molecule has 0 radical (unpaired) electrons. The molecule has 21 heavy (non-hydrogen) atoms. The van der Waals surface area contributed by atoms with E-state index in [1.165, 1.54) is 5.69 Å². The Hall–Kier alpha value is -2.56. The van der Waals surface area contributed by atoms with Gasteiger partial charge in [0, 0.05) is 23.5 Å². The van der Waals surface area contributed by atoms with Gasteiger partial charge < -0.3 is 9.67 Å². The number of hydrazone groups is 1. The van der Waals surface area contributed by atoms with Gasteiger partial charge >= 0.3 is 5.97 Å². The normalized spacial score (nSPS) is 11.2. The van der Waals surface area contributed by atoms with Crippen molar-refractivity contribution < 1.29 is 9.90 Å². The lowest BCUT2D eigenvalue weighted by atomic mass is 10.2. The number of hydrogen-bond donors (Lipinski definition) is 2. The van der Waals surface area contributed by atoms with Crippen LogP contribution in [0.15, 0.2) is 41.6 Å². The summed E-state index contributed by atoms with van der Waals surface area (Å²) < 4.78 is 2.18. The third-order valence-corrected chi connectivity index (χ3v) is 3.17. The highest BCUT2D eigenvalue weighted by molar-refractivity contribution is 5.88. The van der Waals surface area contributed by atoms with Gasteiger partial charge in [-0.05, 0) is 51.1 Å². The van der Waals surface area contributed by atoms with E-state index in [0.717, 1.165) is 11.3 Å². The molecule has 0 aliphatic heterocycles. The molecular formula is C16H19N3O2. The van der Waals surface area contributed by atoms with Crippen molar-refractivity contribution in [3.8, 4) is 0 Å². The summed E-state index contributed by atoms with van der Waals surface area (Å²) in [7, 11) is 0. The van der Waals surface area contributed by atoms with Gasteiger partial charge in [-0.15, -0.1) is 0 Å². The van der Waals surface area contributed by atoms with Gasteiger partial charge in [0.1, 0.15) is 0 Å². The maximum Gasteiger partial charge on any atom is 0.335 e. The van der Waals surface area contributed by atoms with Gasteiger partial charge in [-0.25, -0.2) is 4.79 Å². The summed E-state index contributed by atoms with van der Waals surface area (Å²) in [5.74, 6) is -0.935. The van der Waals surface area contributed by atoms with E-state index in [9.17, 15) is 4.79 Å². The highest BCUT2D eigenvalue weighted by Gasteiger charge is 2.03. The molecule has 2 rings (SSSR count). The van der Waals surface area contributed by atoms with Gasteiger partial charge in [0.05, 0.1) is 17.5 Å². The topological polar surface area (TPSA) is 66.6 Å². The van der Waals surface area contributed by atoms with Gasteiger partial charge in [-0.2, -0.15) is 5.10 Å². The lowest BCUT2D eigenvalue weighted by Gasteiger charge is -2.08. The van der Waals surface area contributed by atoms with Crippen molar-refractivity contribution in [1.29, 1.82) is 0 Å². The Balaban J connectivity index is 2.02. The largest absolute Gasteiger partial charge is 0.478 e. The van der Waals surface area contributed by atoms with E-state index in [-0.39, 0.29) is 5.56 Å². The first-order chi connectivity index (χ1) is 9.97. The number of benzene rings is 1. The zero-order valence-corrected chi connectivity index (χ0v) is 12.4. The highest BCUT2D eigenvalue weighted by atomic mass is 16.4. The fraction of sp³-hybridized carbons (Fsp3) is 0.250. The predicted octanol–water partition coefficient (Wildman–Crippen LogP) is 3.52. The first-order valence-electron chi connectivity index (χ1n) is 6.78. The zero-order chi connectivity index (χ0) is 15.4. The fourth-order valence-electron chi connectivity index (χ4n) is 2.11. The first-order valence-corrected chi connectivity index (χ1v) is 6.78. The van der Waals surface area contributed by atoms with Crippen LogP contribution in [0.5, 0.6) is 0 Å². The van der Waals surface area contributed by atoms with Crippen LogP contribution in [0, 0.1) is 6.92 Å². The summed E-state index contributed by atoms with van der Waals surface area (Å²) >= 11 is 0. The molecule has 0 spiro atoms. The second kappa shape index (κ2) is 6.26. The van der Waals surface area contributed by atoms with Crippen LogP contribution >= 0.6 is 0 Å². The van der Waals surface area contributed by atoms with Crippen LogP contribution in [0.4, 0.5) is 5.69 Å². The molecule has 0 unspecified atom stereocenters. The van der Waals surface area contributed by atoms with Crippen molar-refractivity contribution in [2.24, 2.45) is 5.10 Å². The molecule has 2 aromatic rings. The number of carbonyl (C=O) groups is 1. The van der Waals surface area contributed by atoms with Crippen LogP contribution in [0.25, 0.3) is 0 Å². The van der Waals surface area contributed by atoms with Crippen LogP contribution in [-0.2, 0) is 0 Å². The van der Waals surface area contributed by atoms with E-state index < -0.39 is 5.97 Å². The first kappa shape index (κ1) is 14.8. The Labute approximate surface area is 123 Å². The molecule has 0 atom stereocenters. The van der Waals surface area contributed by atoms with Crippen LogP contribution in [-0.4, -0.2) is 21.9 Å². The maximum atomic E-state index is 10.7. The molecular weight excluding hydrogens is 266 g/mol. The molecule has 0 saturated carbocycles. The SMILES string of the molecule is Cc1cc(/C=N/Nc2ccc(C(=O)O)cc2)cn1C(C)C. The van der Waals surface area contributed by atoms with Gasteiger partial charge in [-0.3, -0.25) is 5.43 Å². The standard InChI is InChI=1S/C16H19N3O2/c1-11(2)19-10-13(8-12(19)3)9-17-18-15-6-4-14(5-7-15)16(20)21/h4-11,18H,1-3H3,(H,20,21)/b17-9+. The minimum atomic E-state index is -0.935. The highest BCUT2D eigenvalue weighted by Crippen LogP contribution is 2.13. The summed E-state index contributed by atoms with van der Waals surface area (Å²) in [5.41, 5.74) is 6.11. The molecule has 1 heterocycles. The van der Waals surface area contributed by atoms with Crippen molar-refractivity contribution >= 4 is 17.9 Å². The zero-order valence-electron chi connectivity index (χ0n) is 12.4. The van der Waals surface area contributed by atoms with Crippen LogP contribution in [0.2, 0.25) is 0 Å². The number of carboxylic acids is 1. The predicted molar refractivity (Wildman–Crippen MR) is 84.2 cm³/mol. The van der Waals surface area contributed by atoms with Gasteiger partial charge in [0.15, 0.2) is 0 Å².